The zero-order chi connectivity index (χ0) is 17.8. The van der Waals surface area contributed by atoms with Crippen LogP contribution < -0.4 is 0 Å². The van der Waals surface area contributed by atoms with E-state index < -0.39 is 23.6 Å². The molecule has 132 valence electrons. The van der Waals surface area contributed by atoms with Gasteiger partial charge in [-0.25, -0.2) is 19.3 Å². The van der Waals surface area contributed by atoms with Crippen molar-refractivity contribution in [2.45, 2.75) is 24.7 Å². The first-order chi connectivity index (χ1) is 12.1. The SMILES string of the molecule is Cc1ccc([S@@](=O)C[C@H](CF)OCn2cnc3c(Cl)ncnc32)cc1. The van der Waals surface area contributed by atoms with Gasteiger partial charge < -0.3 is 4.74 Å². The Morgan fingerprint density at radius 1 is 1.28 bits per heavy atom. The fourth-order valence-electron chi connectivity index (χ4n) is 2.22. The predicted molar refractivity (Wildman–Crippen MR) is 93.6 cm³/mol. The molecule has 0 saturated heterocycles. The number of nitrogens with zero attached hydrogens (tertiary/aromatic N) is 4. The van der Waals surface area contributed by atoms with Crippen LogP contribution in [0.1, 0.15) is 5.56 Å². The summed E-state index contributed by atoms with van der Waals surface area (Å²) in [6, 6.07) is 7.31. The summed E-state index contributed by atoms with van der Waals surface area (Å²) in [7, 11) is -1.34. The fourth-order valence-corrected chi connectivity index (χ4v) is 3.56. The molecule has 9 heteroatoms. The molecular weight excluding hydrogens is 367 g/mol. The lowest BCUT2D eigenvalue weighted by Crippen LogP contribution is -2.24. The van der Waals surface area contributed by atoms with Crippen molar-refractivity contribution in [2.24, 2.45) is 0 Å². The largest absolute Gasteiger partial charge is 0.354 e. The number of halogens is 2. The number of alkyl halides is 1. The molecule has 1 aromatic carbocycles. The van der Waals surface area contributed by atoms with Crippen LogP contribution in [-0.4, -0.2) is 42.3 Å². The second-order valence-electron chi connectivity index (χ2n) is 5.45. The minimum Gasteiger partial charge on any atom is -0.354 e. The lowest BCUT2D eigenvalue weighted by molar-refractivity contribution is 0.00864. The molecule has 25 heavy (non-hydrogen) atoms. The third-order valence-corrected chi connectivity index (χ3v) is 5.35. The summed E-state index contributed by atoms with van der Waals surface area (Å²) < 4.78 is 32.8. The van der Waals surface area contributed by atoms with Gasteiger partial charge in [0.15, 0.2) is 10.8 Å². The van der Waals surface area contributed by atoms with Crippen LogP contribution in [0.2, 0.25) is 5.15 Å². The molecule has 0 spiro atoms. The van der Waals surface area contributed by atoms with Gasteiger partial charge in [-0.3, -0.25) is 8.78 Å². The number of hydrogen-bond donors (Lipinski definition) is 0. The topological polar surface area (TPSA) is 69.9 Å². The minimum atomic E-state index is -1.34. The van der Waals surface area contributed by atoms with E-state index in [0.29, 0.717) is 16.1 Å². The van der Waals surface area contributed by atoms with Crippen molar-refractivity contribution in [3.63, 3.8) is 0 Å². The maximum atomic E-state index is 13.3. The maximum absolute atomic E-state index is 13.3. The highest BCUT2D eigenvalue weighted by Gasteiger charge is 2.16. The van der Waals surface area contributed by atoms with Crippen molar-refractivity contribution < 1.29 is 13.3 Å². The summed E-state index contributed by atoms with van der Waals surface area (Å²) in [4.78, 5) is 12.7. The Kier molecular flexibility index (Phi) is 5.72. The maximum Gasteiger partial charge on any atom is 0.166 e. The van der Waals surface area contributed by atoms with Crippen LogP contribution in [0.15, 0.2) is 41.8 Å². The van der Waals surface area contributed by atoms with Gasteiger partial charge in [-0.1, -0.05) is 29.3 Å². The van der Waals surface area contributed by atoms with E-state index in [2.05, 4.69) is 15.0 Å². The molecule has 2 heterocycles. The molecule has 2 atom stereocenters. The Labute approximate surface area is 151 Å². The van der Waals surface area contributed by atoms with Crippen LogP contribution in [0.5, 0.6) is 0 Å². The van der Waals surface area contributed by atoms with Crippen molar-refractivity contribution >= 4 is 33.6 Å². The zero-order valence-electron chi connectivity index (χ0n) is 13.4. The van der Waals surface area contributed by atoms with E-state index in [4.69, 9.17) is 16.3 Å². The smallest absolute Gasteiger partial charge is 0.166 e. The van der Waals surface area contributed by atoms with Crippen molar-refractivity contribution in [3.8, 4) is 0 Å². The Morgan fingerprint density at radius 2 is 2.04 bits per heavy atom. The second kappa shape index (κ2) is 7.99. The molecule has 6 nitrogen and oxygen atoms in total. The van der Waals surface area contributed by atoms with Crippen LogP contribution in [-0.2, 0) is 22.3 Å². The van der Waals surface area contributed by atoms with Gasteiger partial charge in [0.25, 0.3) is 0 Å². The first-order valence-electron chi connectivity index (χ1n) is 7.52. The van der Waals surface area contributed by atoms with Crippen LogP contribution in [0.4, 0.5) is 4.39 Å². The third-order valence-electron chi connectivity index (χ3n) is 3.60. The number of fused-ring (bicyclic) bond motifs is 1. The van der Waals surface area contributed by atoms with Gasteiger partial charge in [-0.15, -0.1) is 0 Å². The van der Waals surface area contributed by atoms with Gasteiger partial charge >= 0.3 is 0 Å². The first-order valence-corrected chi connectivity index (χ1v) is 9.22. The Hall–Kier alpha value is -1.90. The molecule has 0 N–H and O–H groups in total. The van der Waals surface area contributed by atoms with E-state index in [1.165, 1.54) is 12.7 Å². The van der Waals surface area contributed by atoms with E-state index >= 15 is 0 Å². The zero-order valence-corrected chi connectivity index (χ0v) is 15.0. The van der Waals surface area contributed by atoms with Gasteiger partial charge in [0, 0.05) is 4.90 Å². The third kappa shape index (κ3) is 4.20. The van der Waals surface area contributed by atoms with Gasteiger partial charge in [-0.2, -0.15) is 0 Å². The highest BCUT2D eigenvalue weighted by atomic mass is 35.5. The summed E-state index contributed by atoms with van der Waals surface area (Å²) in [6.07, 6.45) is 2.02. The Bertz CT molecular complexity index is 887. The fraction of sp³-hybridized carbons (Fsp3) is 0.312. The average Bonchev–Trinajstić information content (AvgIpc) is 3.03. The average molecular weight is 383 g/mol. The molecule has 0 bridgehead atoms. The molecule has 0 radical (unpaired) electrons. The van der Waals surface area contributed by atoms with Crippen LogP contribution >= 0.6 is 11.6 Å². The van der Waals surface area contributed by atoms with Gasteiger partial charge in [0.1, 0.15) is 25.2 Å². The van der Waals surface area contributed by atoms with Crippen LogP contribution in [0.25, 0.3) is 11.2 Å². The first kappa shape index (κ1) is 17.9. The quantitative estimate of drug-likeness (QED) is 0.587. The van der Waals surface area contributed by atoms with E-state index in [1.807, 2.05) is 19.1 Å². The van der Waals surface area contributed by atoms with Crippen LogP contribution in [0.3, 0.4) is 0 Å². The summed E-state index contributed by atoms with van der Waals surface area (Å²) in [5.74, 6) is 0.0714. The van der Waals surface area contributed by atoms with Crippen molar-refractivity contribution in [1.82, 2.24) is 19.5 Å². The van der Waals surface area contributed by atoms with E-state index in [0.717, 1.165) is 5.56 Å². The summed E-state index contributed by atoms with van der Waals surface area (Å²) in [5, 5.41) is 0.242. The van der Waals surface area contributed by atoms with Gasteiger partial charge in [-0.05, 0) is 19.1 Å². The Balaban J connectivity index is 1.65. The van der Waals surface area contributed by atoms with Gasteiger partial charge in [0.2, 0.25) is 0 Å². The Morgan fingerprint density at radius 3 is 2.76 bits per heavy atom. The number of hydrogen-bond acceptors (Lipinski definition) is 5. The standard InChI is InChI=1S/C16H16ClFN4O2S/c1-11-2-4-13(5-3-11)25(23)7-12(6-18)24-10-22-9-21-14-15(17)19-8-20-16(14)22/h2-5,8-9,12H,6-7,10H2,1H3/t12-,25-/m0/s1. The lowest BCUT2D eigenvalue weighted by atomic mass is 10.2. The number of aromatic nitrogens is 4. The van der Waals surface area contributed by atoms with Crippen molar-refractivity contribution in [1.29, 1.82) is 0 Å². The molecule has 2 aromatic heterocycles. The molecule has 3 aromatic rings. The second-order valence-corrected chi connectivity index (χ2v) is 7.30. The van der Waals surface area contributed by atoms with Crippen LogP contribution in [0, 0.1) is 6.92 Å². The number of imidazole rings is 1. The minimum absolute atomic E-state index is 0.0313. The van der Waals surface area contributed by atoms with Gasteiger partial charge in [0.05, 0.1) is 29.0 Å². The number of aryl methyl sites for hydroxylation is 1. The highest BCUT2D eigenvalue weighted by molar-refractivity contribution is 7.85. The predicted octanol–water partition coefficient (Wildman–Crippen LogP) is 2.91. The highest BCUT2D eigenvalue weighted by Crippen LogP contribution is 2.17. The molecule has 0 unspecified atom stereocenters. The summed E-state index contributed by atoms with van der Waals surface area (Å²) in [5.41, 5.74) is 2.02. The molecule has 0 aliphatic heterocycles. The number of ether oxygens (including phenoxy) is 1. The summed E-state index contributed by atoms with van der Waals surface area (Å²) >= 11 is 5.94. The molecule has 0 aliphatic carbocycles. The van der Waals surface area contributed by atoms with E-state index in [9.17, 15) is 8.60 Å². The number of rotatable bonds is 7. The van der Waals surface area contributed by atoms with Crippen molar-refractivity contribution in [2.75, 3.05) is 12.4 Å². The molecule has 3 rings (SSSR count). The normalized spacial score (nSPS) is 13.9. The number of benzene rings is 1. The monoisotopic (exact) mass is 382 g/mol. The van der Waals surface area contributed by atoms with E-state index in [-0.39, 0.29) is 17.6 Å². The molecule has 0 fully saturated rings. The molecular formula is C16H16ClFN4O2S. The molecule has 0 aliphatic rings. The van der Waals surface area contributed by atoms with E-state index in [1.54, 1.807) is 16.7 Å². The molecule has 0 saturated carbocycles. The summed E-state index contributed by atoms with van der Waals surface area (Å²) in [6.45, 7) is 1.24. The van der Waals surface area contributed by atoms with Crippen molar-refractivity contribution in [3.05, 3.63) is 47.6 Å². The molecule has 0 amide bonds. The lowest BCUT2D eigenvalue weighted by Gasteiger charge is -2.15.